The number of esters is 1. The smallest absolute Gasteiger partial charge is 0.351 e. The van der Waals surface area contributed by atoms with Gasteiger partial charge in [-0.3, -0.25) is 0 Å². The van der Waals surface area contributed by atoms with Gasteiger partial charge in [-0.2, -0.15) is 0 Å². The van der Waals surface area contributed by atoms with Crippen molar-refractivity contribution in [3.63, 3.8) is 0 Å². The first-order valence-electron chi connectivity index (χ1n) is 3.71. The van der Waals surface area contributed by atoms with Gasteiger partial charge in [-0.1, -0.05) is 6.58 Å². The highest BCUT2D eigenvalue weighted by Gasteiger charge is 2.17. The quantitative estimate of drug-likeness (QED) is 0.358. The van der Waals surface area contributed by atoms with Gasteiger partial charge in [0.2, 0.25) is 0 Å². The molecule has 4 nitrogen and oxygen atoms in total. The molecule has 1 N–H and O–H groups in total. The number of carbonyl (C=O) groups is 2. The van der Waals surface area contributed by atoms with Gasteiger partial charge in [0, 0.05) is 4.88 Å². The fourth-order valence-corrected chi connectivity index (χ4v) is 1.41. The lowest BCUT2D eigenvalue weighted by atomic mass is 10.3. The molecule has 1 rings (SSSR count). The molecule has 0 unspecified atom stereocenters. The molecule has 0 aromatic carbocycles. The average molecular weight is 212 g/mol. The molecule has 0 radical (unpaired) electrons. The van der Waals surface area contributed by atoms with Crippen molar-refractivity contribution >= 4 is 23.3 Å². The van der Waals surface area contributed by atoms with Crippen molar-refractivity contribution in [2.45, 2.75) is 6.92 Å². The minimum Gasteiger partial charge on any atom is -0.477 e. The Morgan fingerprint density at radius 3 is 2.57 bits per heavy atom. The number of carboxylic acids is 1. The van der Waals surface area contributed by atoms with E-state index < -0.39 is 17.5 Å². The Balaban J connectivity index is 2.66. The van der Waals surface area contributed by atoms with Gasteiger partial charge in [0.25, 0.3) is 0 Å². The first-order chi connectivity index (χ1) is 6.50. The van der Waals surface area contributed by atoms with Gasteiger partial charge < -0.3 is 9.84 Å². The van der Waals surface area contributed by atoms with Crippen molar-refractivity contribution in [3.8, 4) is 5.06 Å². The molecule has 0 saturated carbocycles. The summed E-state index contributed by atoms with van der Waals surface area (Å²) in [4.78, 5) is 22.4. The van der Waals surface area contributed by atoms with Crippen molar-refractivity contribution in [1.29, 1.82) is 0 Å². The molecule has 0 bridgehead atoms. The molecule has 0 saturated heterocycles. The molecule has 14 heavy (non-hydrogen) atoms. The number of ether oxygens (including phenoxy) is 1. The van der Waals surface area contributed by atoms with Crippen molar-refractivity contribution < 1.29 is 19.4 Å². The van der Waals surface area contributed by atoms with E-state index in [0.29, 0.717) is 5.06 Å². The normalized spacial score (nSPS) is 9.50. The Morgan fingerprint density at radius 2 is 2.14 bits per heavy atom. The highest BCUT2D eigenvalue weighted by atomic mass is 32.1. The number of rotatable bonds is 3. The predicted octanol–water partition coefficient (Wildman–Crippen LogP) is 1.60. The molecule has 0 aliphatic rings. The molecule has 0 aliphatic heterocycles. The number of aliphatic carboxylic acids is 1. The largest absolute Gasteiger partial charge is 0.477 e. The third kappa shape index (κ3) is 2.43. The molecule has 74 valence electrons. The van der Waals surface area contributed by atoms with E-state index in [4.69, 9.17) is 9.84 Å². The van der Waals surface area contributed by atoms with Crippen LogP contribution in [0, 0.1) is 6.92 Å². The summed E-state index contributed by atoms with van der Waals surface area (Å²) in [6.45, 7) is 4.94. The van der Waals surface area contributed by atoms with Gasteiger partial charge in [0.15, 0.2) is 5.06 Å². The van der Waals surface area contributed by atoms with E-state index in [-0.39, 0.29) is 0 Å². The van der Waals surface area contributed by atoms with Gasteiger partial charge >= 0.3 is 11.9 Å². The average Bonchev–Trinajstić information content (AvgIpc) is 2.49. The molecule has 0 fully saturated rings. The second-order valence-corrected chi connectivity index (χ2v) is 3.79. The Kier molecular flexibility index (Phi) is 3.03. The number of carbonyl (C=O) groups excluding carboxylic acids is 1. The van der Waals surface area contributed by atoms with Crippen LogP contribution in [0.25, 0.3) is 0 Å². The minimum absolute atomic E-state index is 0.370. The molecule has 0 spiro atoms. The fourth-order valence-electron chi connectivity index (χ4n) is 0.707. The number of hydrogen-bond acceptors (Lipinski definition) is 4. The zero-order valence-electron chi connectivity index (χ0n) is 7.44. The molecular formula is C9H8O4S. The molecule has 5 heteroatoms. The van der Waals surface area contributed by atoms with Gasteiger partial charge in [0.1, 0.15) is 5.57 Å². The standard InChI is InChI=1S/C9H8O4S/c1-5-3-4-7(14-5)13-9(12)6(2)8(10)11/h3-4H,2H2,1H3,(H,10,11). The van der Waals surface area contributed by atoms with E-state index in [2.05, 4.69) is 6.58 Å². The predicted molar refractivity (Wildman–Crippen MR) is 51.5 cm³/mol. The number of carboxylic acid groups (broad SMARTS) is 1. The van der Waals surface area contributed by atoms with Crippen LogP contribution >= 0.6 is 11.3 Å². The van der Waals surface area contributed by atoms with Gasteiger partial charge in [-0.05, 0) is 19.1 Å². The van der Waals surface area contributed by atoms with Gasteiger partial charge in [-0.15, -0.1) is 11.3 Å². The lowest BCUT2D eigenvalue weighted by Crippen LogP contribution is -2.16. The van der Waals surface area contributed by atoms with E-state index in [1.165, 1.54) is 11.3 Å². The van der Waals surface area contributed by atoms with Crippen LogP contribution in [0.2, 0.25) is 0 Å². The summed E-state index contributed by atoms with van der Waals surface area (Å²) in [6.07, 6.45) is 0. The maximum absolute atomic E-state index is 11.1. The first kappa shape index (κ1) is 10.5. The van der Waals surface area contributed by atoms with Crippen molar-refractivity contribution in [3.05, 3.63) is 29.2 Å². The van der Waals surface area contributed by atoms with Crippen molar-refractivity contribution in [2.75, 3.05) is 0 Å². The monoisotopic (exact) mass is 212 g/mol. The molecule has 0 amide bonds. The summed E-state index contributed by atoms with van der Waals surface area (Å²) < 4.78 is 4.76. The maximum atomic E-state index is 11.1. The molecule has 0 atom stereocenters. The molecule has 1 aromatic heterocycles. The summed E-state index contributed by atoms with van der Waals surface area (Å²) in [5.41, 5.74) is -0.573. The zero-order valence-corrected chi connectivity index (χ0v) is 8.26. The highest BCUT2D eigenvalue weighted by molar-refractivity contribution is 7.13. The topological polar surface area (TPSA) is 63.6 Å². The van der Waals surface area contributed by atoms with Crippen LogP contribution in [0.15, 0.2) is 24.3 Å². The van der Waals surface area contributed by atoms with Crippen molar-refractivity contribution in [1.82, 2.24) is 0 Å². The van der Waals surface area contributed by atoms with Crippen molar-refractivity contribution in [2.24, 2.45) is 0 Å². The van der Waals surface area contributed by atoms with E-state index in [9.17, 15) is 9.59 Å². The van der Waals surface area contributed by atoms with Gasteiger partial charge in [0.05, 0.1) is 0 Å². The second-order valence-electron chi connectivity index (χ2n) is 2.54. The summed E-state index contributed by atoms with van der Waals surface area (Å²) in [5.74, 6) is -2.30. The lowest BCUT2D eigenvalue weighted by Gasteiger charge is -1.99. The minimum atomic E-state index is -1.37. The van der Waals surface area contributed by atoms with Crippen LogP contribution in [0.4, 0.5) is 0 Å². The van der Waals surface area contributed by atoms with Crippen LogP contribution in [-0.4, -0.2) is 17.0 Å². The summed E-state index contributed by atoms with van der Waals surface area (Å²) in [6, 6.07) is 3.38. The van der Waals surface area contributed by atoms with E-state index >= 15 is 0 Å². The lowest BCUT2D eigenvalue weighted by molar-refractivity contribution is -0.138. The Morgan fingerprint density at radius 1 is 1.50 bits per heavy atom. The Bertz CT molecular complexity index is 391. The van der Waals surface area contributed by atoms with Crippen LogP contribution < -0.4 is 4.74 Å². The maximum Gasteiger partial charge on any atom is 0.351 e. The highest BCUT2D eigenvalue weighted by Crippen LogP contribution is 2.23. The SMILES string of the molecule is C=C(C(=O)O)C(=O)Oc1ccc(C)s1. The third-order valence-electron chi connectivity index (χ3n) is 1.41. The number of thiophene rings is 1. The van der Waals surface area contributed by atoms with E-state index in [1.54, 1.807) is 12.1 Å². The number of hydrogen-bond donors (Lipinski definition) is 1. The summed E-state index contributed by atoms with van der Waals surface area (Å²) in [7, 11) is 0. The van der Waals surface area contributed by atoms with E-state index in [1.807, 2.05) is 6.92 Å². The van der Waals surface area contributed by atoms with Gasteiger partial charge in [-0.25, -0.2) is 9.59 Å². The summed E-state index contributed by atoms with van der Waals surface area (Å²) in [5, 5.41) is 8.81. The van der Waals surface area contributed by atoms with Crippen LogP contribution in [0.3, 0.4) is 0 Å². The van der Waals surface area contributed by atoms with Crippen LogP contribution in [0.1, 0.15) is 4.88 Å². The third-order valence-corrected chi connectivity index (χ3v) is 2.29. The second kappa shape index (κ2) is 4.06. The molecule has 1 heterocycles. The fraction of sp³-hybridized carbons (Fsp3) is 0.111. The van der Waals surface area contributed by atoms with Crippen LogP contribution in [0.5, 0.6) is 5.06 Å². The Labute approximate surface area is 84.4 Å². The summed E-state index contributed by atoms with van der Waals surface area (Å²) >= 11 is 1.27. The van der Waals surface area contributed by atoms with E-state index in [0.717, 1.165) is 4.88 Å². The number of aryl methyl sites for hydroxylation is 1. The first-order valence-corrected chi connectivity index (χ1v) is 4.53. The molecular weight excluding hydrogens is 204 g/mol. The Hall–Kier alpha value is -1.62. The molecule has 1 aromatic rings. The van der Waals surface area contributed by atoms with Crippen LogP contribution in [-0.2, 0) is 9.59 Å². The zero-order chi connectivity index (χ0) is 10.7. The molecule has 0 aliphatic carbocycles.